The summed E-state index contributed by atoms with van der Waals surface area (Å²) in [6, 6.07) is 9.67. The number of rotatable bonds is 3. The van der Waals surface area contributed by atoms with Crippen LogP contribution in [0.5, 0.6) is 0 Å². The SMILES string of the molecule is Cc1noc(C)c1-c1ccc(C2CCCN(C(=O)Nc3ccc(F)cc3)C2)nc1. The van der Waals surface area contributed by atoms with Crippen molar-refractivity contribution in [1.82, 2.24) is 15.0 Å². The van der Waals surface area contributed by atoms with E-state index in [1.165, 1.54) is 12.1 Å². The number of likely N-dealkylation sites (tertiary alicyclic amines) is 1. The van der Waals surface area contributed by atoms with Crippen LogP contribution in [0, 0.1) is 19.7 Å². The van der Waals surface area contributed by atoms with Crippen LogP contribution in [0.1, 0.15) is 35.9 Å². The smallest absolute Gasteiger partial charge is 0.321 e. The van der Waals surface area contributed by atoms with Gasteiger partial charge in [-0.1, -0.05) is 11.2 Å². The van der Waals surface area contributed by atoms with E-state index in [1.807, 2.05) is 32.2 Å². The van der Waals surface area contributed by atoms with Gasteiger partial charge in [0.1, 0.15) is 11.6 Å². The number of amides is 2. The summed E-state index contributed by atoms with van der Waals surface area (Å²) < 4.78 is 18.3. The molecule has 2 amide bonds. The van der Waals surface area contributed by atoms with Crippen molar-refractivity contribution in [2.75, 3.05) is 18.4 Å². The van der Waals surface area contributed by atoms with Gasteiger partial charge in [0.05, 0.1) is 5.69 Å². The molecule has 3 aromatic rings. The van der Waals surface area contributed by atoms with E-state index < -0.39 is 0 Å². The number of benzene rings is 1. The minimum absolute atomic E-state index is 0.173. The van der Waals surface area contributed by atoms with Gasteiger partial charge in [0.25, 0.3) is 0 Å². The Labute approximate surface area is 168 Å². The molecular formula is C22H23FN4O2. The van der Waals surface area contributed by atoms with Crippen molar-refractivity contribution in [2.24, 2.45) is 0 Å². The number of nitrogens with one attached hydrogen (secondary N) is 1. The average molecular weight is 394 g/mol. The van der Waals surface area contributed by atoms with E-state index in [9.17, 15) is 9.18 Å². The van der Waals surface area contributed by atoms with Gasteiger partial charge in [0.15, 0.2) is 0 Å². The third-order valence-corrected chi connectivity index (χ3v) is 5.33. The highest BCUT2D eigenvalue weighted by atomic mass is 19.1. The first-order valence-corrected chi connectivity index (χ1v) is 9.72. The quantitative estimate of drug-likeness (QED) is 0.686. The lowest BCUT2D eigenvalue weighted by molar-refractivity contribution is 0.192. The molecule has 1 aliphatic heterocycles. The molecule has 1 N–H and O–H groups in total. The summed E-state index contributed by atoms with van der Waals surface area (Å²) in [4.78, 5) is 19.0. The predicted octanol–water partition coefficient (Wildman–Crippen LogP) is 4.90. The lowest BCUT2D eigenvalue weighted by Gasteiger charge is -2.32. The van der Waals surface area contributed by atoms with Gasteiger partial charge in [0, 0.05) is 47.7 Å². The lowest BCUT2D eigenvalue weighted by Crippen LogP contribution is -2.41. The summed E-state index contributed by atoms with van der Waals surface area (Å²) >= 11 is 0. The minimum atomic E-state index is -0.327. The van der Waals surface area contributed by atoms with E-state index in [-0.39, 0.29) is 17.8 Å². The van der Waals surface area contributed by atoms with E-state index >= 15 is 0 Å². The van der Waals surface area contributed by atoms with E-state index in [2.05, 4.69) is 15.5 Å². The molecular weight excluding hydrogens is 371 g/mol. The fourth-order valence-corrected chi connectivity index (χ4v) is 3.83. The number of carbonyl (C=O) groups excluding carboxylic acids is 1. The second-order valence-corrected chi connectivity index (χ2v) is 7.39. The number of hydrogen-bond acceptors (Lipinski definition) is 4. The van der Waals surface area contributed by atoms with Gasteiger partial charge in [-0.15, -0.1) is 0 Å². The Balaban J connectivity index is 1.44. The standard InChI is InChI=1S/C22H23FN4O2/c1-14-21(15(2)29-26-14)16-5-10-20(24-12-16)17-4-3-11-27(13-17)22(28)25-19-8-6-18(23)7-9-19/h5-10,12,17H,3-4,11,13H2,1-2H3,(H,25,28). The second kappa shape index (κ2) is 8.03. The topological polar surface area (TPSA) is 71.3 Å². The molecule has 2 aromatic heterocycles. The molecule has 1 aliphatic rings. The van der Waals surface area contributed by atoms with E-state index in [0.29, 0.717) is 18.8 Å². The molecule has 150 valence electrons. The number of anilines is 1. The number of pyridine rings is 1. The number of nitrogens with zero attached hydrogens (tertiary/aromatic N) is 3. The third-order valence-electron chi connectivity index (χ3n) is 5.33. The third kappa shape index (κ3) is 4.13. The number of carbonyl (C=O) groups is 1. The Hall–Kier alpha value is -3.22. The Kier molecular flexibility index (Phi) is 5.29. The zero-order valence-corrected chi connectivity index (χ0v) is 16.5. The number of piperidine rings is 1. The molecule has 1 atom stereocenters. The van der Waals surface area contributed by atoms with Gasteiger partial charge in [0.2, 0.25) is 0 Å². The van der Waals surface area contributed by atoms with Gasteiger partial charge in [-0.05, 0) is 57.0 Å². The number of aryl methyl sites for hydroxylation is 2. The molecule has 0 spiro atoms. The summed E-state index contributed by atoms with van der Waals surface area (Å²) in [6.45, 7) is 5.10. The first-order valence-electron chi connectivity index (χ1n) is 9.72. The maximum atomic E-state index is 13.0. The molecule has 4 rings (SSSR count). The summed E-state index contributed by atoms with van der Waals surface area (Å²) in [7, 11) is 0. The van der Waals surface area contributed by atoms with Crippen LogP contribution in [0.3, 0.4) is 0 Å². The highest BCUT2D eigenvalue weighted by molar-refractivity contribution is 5.89. The first kappa shape index (κ1) is 19.1. The molecule has 0 saturated carbocycles. The van der Waals surface area contributed by atoms with Crippen molar-refractivity contribution < 1.29 is 13.7 Å². The zero-order chi connectivity index (χ0) is 20.4. The van der Waals surface area contributed by atoms with Crippen LogP contribution in [0.4, 0.5) is 14.9 Å². The number of hydrogen-bond donors (Lipinski definition) is 1. The maximum absolute atomic E-state index is 13.0. The summed E-state index contributed by atoms with van der Waals surface area (Å²) in [5.41, 5.74) is 4.36. The molecule has 0 bridgehead atoms. The van der Waals surface area contributed by atoms with Crippen LogP contribution in [0.15, 0.2) is 47.1 Å². The summed E-state index contributed by atoms with van der Waals surface area (Å²) in [6.07, 6.45) is 3.74. The van der Waals surface area contributed by atoms with Crippen molar-refractivity contribution in [3.05, 3.63) is 65.6 Å². The van der Waals surface area contributed by atoms with E-state index in [1.54, 1.807) is 17.0 Å². The van der Waals surface area contributed by atoms with E-state index in [4.69, 9.17) is 4.52 Å². The number of halogens is 1. The van der Waals surface area contributed by atoms with Crippen LogP contribution in [0.25, 0.3) is 11.1 Å². The van der Waals surface area contributed by atoms with Gasteiger partial charge in [-0.25, -0.2) is 9.18 Å². The lowest BCUT2D eigenvalue weighted by atomic mass is 9.93. The highest BCUT2D eigenvalue weighted by Gasteiger charge is 2.26. The van der Waals surface area contributed by atoms with Crippen LogP contribution in [0.2, 0.25) is 0 Å². The fourth-order valence-electron chi connectivity index (χ4n) is 3.83. The second-order valence-electron chi connectivity index (χ2n) is 7.39. The fraction of sp³-hybridized carbons (Fsp3) is 0.318. The van der Waals surface area contributed by atoms with Gasteiger partial charge >= 0.3 is 6.03 Å². The van der Waals surface area contributed by atoms with Crippen LogP contribution >= 0.6 is 0 Å². The summed E-state index contributed by atoms with van der Waals surface area (Å²) in [5, 5.41) is 6.83. The molecule has 1 aromatic carbocycles. The Morgan fingerprint density at radius 1 is 1.21 bits per heavy atom. The first-order chi connectivity index (χ1) is 14.0. The summed E-state index contributed by atoms with van der Waals surface area (Å²) in [5.74, 6) is 0.631. The van der Waals surface area contributed by atoms with Crippen LogP contribution in [-0.2, 0) is 0 Å². The molecule has 0 radical (unpaired) electrons. The number of urea groups is 1. The molecule has 6 nitrogen and oxygen atoms in total. The van der Waals surface area contributed by atoms with Gasteiger partial charge < -0.3 is 14.7 Å². The van der Waals surface area contributed by atoms with Crippen molar-refractivity contribution in [3.8, 4) is 11.1 Å². The molecule has 1 saturated heterocycles. The highest BCUT2D eigenvalue weighted by Crippen LogP contribution is 2.30. The zero-order valence-electron chi connectivity index (χ0n) is 16.5. The van der Waals surface area contributed by atoms with Crippen LogP contribution < -0.4 is 5.32 Å². The largest absolute Gasteiger partial charge is 0.361 e. The Morgan fingerprint density at radius 2 is 2.00 bits per heavy atom. The van der Waals surface area contributed by atoms with Gasteiger partial charge in [-0.2, -0.15) is 0 Å². The predicted molar refractivity (Wildman–Crippen MR) is 108 cm³/mol. The van der Waals surface area contributed by atoms with Crippen molar-refractivity contribution in [2.45, 2.75) is 32.6 Å². The monoisotopic (exact) mass is 394 g/mol. The maximum Gasteiger partial charge on any atom is 0.321 e. The molecule has 0 aliphatic carbocycles. The molecule has 1 fully saturated rings. The Bertz CT molecular complexity index is 979. The molecule has 3 heterocycles. The molecule has 1 unspecified atom stereocenters. The Morgan fingerprint density at radius 3 is 2.66 bits per heavy atom. The average Bonchev–Trinajstić information content (AvgIpc) is 3.08. The molecule has 29 heavy (non-hydrogen) atoms. The van der Waals surface area contributed by atoms with Crippen molar-refractivity contribution in [1.29, 1.82) is 0 Å². The number of aromatic nitrogens is 2. The van der Waals surface area contributed by atoms with Crippen molar-refractivity contribution >= 4 is 11.7 Å². The van der Waals surface area contributed by atoms with Crippen molar-refractivity contribution in [3.63, 3.8) is 0 Å². The minimum Gasteiger partial charge on any atom is -0.361 e. The normalized spacial score (nSPS) is 16.7. The van der Waals surface area contributed by atoms with Gasteiger partial charge in [-0.3, -0.25) is 4.98 Å². The van der Waals surface area contributed by atoms with E-state index in [0.717, 1.165) is 41.1 Å². The van der Waals surface area contributed by atoms with Crippen LogP contribution in [-0.4, -0.2) is 34.2 Å². The molecule has 7 heteroatoms.